The highest BCUT2D eigenvalue weighted by Crippen LogP contribution is 2.17. The summed E-state index contributed by atoms with van der Waals surface area (Å²) in [5.74, 6) is -1.51. The predicted octanol–water partition coefficient (Wildman–Crippen LogP) is -1.81. The molecule has 1 aliphatic rings. The van der Waals surface area contributed by atoms with Gasteiger partial charge in [-0.05, 0) is 11.6 Å². The number of pyridine rings is 1. The summed E-state index contributed by atoms with van der Waals surface area (Å²) in [5, 5.41) is 2.49. The number of rotatable bonds is 7. The summed E-state index contributed by atoms with van der Waals surface area (Å²) in [6.07, 6.45) is 5.08. The first-order valence-electron chi connectivity index (χ1n) is 8.62. The Morgan fingerprint density at radius 1 is 1.24 bits per heavy atom. The first-order chi connectivity index (χ1) is 13.4. The molecule has 0 aliphatic carbocycles. The molecule has 1 saturated heterocycles. The fraction of sp³-hybridized carbons (Fsp3) is 0.562. The van der Waals surface area contributed by atoms with Crippen LogP contribution in [0.15, 0.2) is 24.5 Å². The molecule has 0 saturated carbocycles. The minimum atomic E-state index is -3.78. The zero-order chi connectivity index (χ0) is 21.8. The highest BCUT2D eigenvalue weighted by atomic mass is 32.2. The molecule has 0 unspecified atom stereocenters. The topological polar surface area (TPSA) is 143 Å². The molecule has 0 bridgehead atoms. The zero-order valence-corrected chi connectivity index (χ0v) is 17.9. The molecular formula is C16H24N4O7S2. The van der Waals surface area contributed by atoms with Crippen LogP contribution in [0.4, 0.5) is 0 Å². The SMILES string of the molecule is COC(=O)[C@@H](Cc1cccnc1)NC(=O)[C@H]1CN(S(C)(=O)=O)CCN1S(C)(=O)=O. The summed E-state index contributed by atoms with van der Waals surface area (Å²) in [6, 6.07) is 0.979. The van der Waals surface area contributed by atoms with E-state index in [4.69, 9.17) is 4.74 Å². The molecule has 11 nitrogen and oxygen atoms in total. The predicted molar refractivity (Wildman–Crippen MR) is 104 cm³/mol. The number of hydrogen-bond acceptors (Lipinski definition) is 8. The van der Waals surface area contributed by atoms with Crippen molar-refractivity contribution < 1.29 is 31.2 Å². The van der Waals surface area contributed by atoms with Crippen LogP contribution in [0.1, 0.15) is 5.56 Å². The normalized spacial score (nSPS) is 20.0. The van der Waals surface area contributed by atoms with Gasteiger partial charge in [-0.1, -0.05) is 6.07 Å². The fourth-order valence-electron chi connectivity index (χ4n) is 3.01. The van der Waals surface area contributed by atoms with Crippen LogP contribution in [-0.4, -0.2) is 93.6 Å². The van der Waals surface area contributed by atoms with E-state index in [2.05, 4.69) is 10.3 Å². The molecule has 0 radical (unpaired) electrons. The Bertz CT molecular complexity index is 951. The summed E-state index contributed by atoms with van der Waals surface area (Å²) < 4.78 is 54.7. The maximum atomic E-state index is 12.9. The maximum absolute atomic E-state index is 12.9. The van der Waals surface area contributed by atoms with Crippen molar-refractivity contribution >= 4 is 31.9 Å². The average molecular weight is 449 g/mol. The lowest BCUT2D eigenvalue weighted by Gasteiger charge is -2.38. The summed E-state index contributed by atoms with van der Waals surface area (Å²) in [5.41, 5.74) is 0.657. The van der Waals surface area contributed by atoms with Gasteiger partial charge in [-0.2, -0.15) is 8.61 Å². The van der Waals surface area contributed by atoms with Crippen molar-refractivity contribution in [3.8, 4) is 0 Å². The second kappa shape index (κ2) is 9.15. The Kier molecular flexibility index (Phi) is 7.32. The third kappa shape index (κ3) is 6.19. The molecule has 162 valence electrons. The lowest BCUT2D eigenvalue weighted by atomic mass is 10.1. The molecule has 2 heterocycles. The number of nitrogens with zero attached hydrogens (tertiary/aromatic N) is 3. The minimum Gasteiger partial charge on any atom is -0.467 e. The van der Waals surface area contributed by atoms with Gasteiger partial charge in [0.1, 0.15) is 12.1 Å². The molecule has 2 atom stereocenters. The minimum absolute atomic E-state index is 0.0637. The summed E-state index contributed by atoms with van der Waals surface area (Å²) in [6.45, 7) is -0.584. The van der Waals surface area contributed by atoms with Crippen molar-refractivity contribution in [1.29, 1.82) is 0 Å². The van der Waals surface area contributed by atoms with E-state index in [0.717, 1.165) is 21.1 Å². The van der Waals surface area contributed by atoms with Crippen molar-refractivity contribution in [2.24, 2.45) is 0 Å². The number of hydrogen-bond donors (Lipinski definition) is 1. The second-order valence-corrected chi connectivity index (χ2v) is 10.6. The molecular weight excluding hydrogens is 424 g/mol. The van der Waals surface area contributed by atoms with Crippen molar-refractivity contribution in [2.75, 3.05) is 39.3 Å². The van der Waals surface area contributed by atoms with Crippen molar-refractivity contribution in [2.45, 2.75) is 18.5 Å². The van der Waals surface area contributed by atoms with E-state index < -0.39 is 44.0 Å². The van der Waals surface area contributed by atoms with Crippen LogP contribution < -0.4 is 5.32 Å². The molecule has 1 amide bonds. The summed E-state index contributed by atoms with van der Waals surface area (Å²) >= 11 is 0. The lowest BCUT2D eigenvalue weighted by Crippen LogP contribution is -2.62. The van der Waals surface area contributed by atoms with Gasteiger partial charge in [0.05, 0.1) is 19.6 Å². The van der Waals surface area contributed by atoms with E-state index in [1.54, 1.807) is 18.3 Å². The Balaban J connectivity index is 2.26. The molecule has 1 N–H and O–H groups in total. The van der Waals surface area contributed by atoms with E-state index in [9.17, 15) is 26.4 Å². The van der Waals surface area contributed by atoms with Crippen LogP contribution in [0.25, 0.3) is 0 Å². The average Bonchev–Trinajstić information content (AvgIpc) is 2.65. The van der Waals surface area contributed by atoms with Gasteiger partial charge < -0.3 is 10.1 Å². The molecule has 1 aromatic heterocycles. The third-order valence-corrected chi connectivity index (χ3v) is 7.02. The van der Waals surface area contributed by atoms with E-state index in [-0.39, 0.29) is 26.1 Å². The third-order valence-electron chi connectivity index (χ3n) is 4.46. The smallest absolute Gasteiger partial charge is 0.328 e. The van der Waals surface area contributed by atoms with Gasteiger partial charge in [0.25, 0.3) is 0 Å². The van der Waals surface area contributed by atoms with Gasteiger partial charge in [0, 0.05) is 38.4 Å². The van der Waals surface area contributed by atoms with E-state index in [1.807, 2.05) is 0 Å². The molecule has 1 fully saturated rings. The number of carbonyl (C=O) groups excluding carboxylic acids is 2. The number of nitrogens with one attached hydrogen (secondary N) is 1. The molecule has 1 aliphatic heterocycles. The Labute approximate surface area is 170 Å². The van der Waals surface area contributed by atoms with Crippen LogP contribution in [-0.2, 0) is 40.8 Å². The quantitative estimate of drug-likeness (QED) is 0.481. The van der Waals surface area contributed by atoms with Gasteiger partial charge in [0.2, 0.25) is 26.0 Å². The van der Waals surface area contributed by atoms with Crippen LogP contribution in [0, 0.1) is 0 Å². The summed E-state index contributed by atoms with van der Waals surface area (Å²) in [4.78, 5) is 29.0. The highest BCUT2D eigenvalue weighted by molar-refractivity contribution is 7.88. The monoisotopic (exact) mass is 448 g/mol. The number of methoxy groups -OCH3 is 1. The number of ether oxygens (including phenoxy) is 1. The largest absolute Gasteiger partial charge is 0.467 e. The van der Waals surface area contributed by atoms with Crippen molar-refractivity contribution in [1.82, 2.24) is 18.9 Å². The summed E-state index contributed by atoms with van der Waals surface area (Å²) in [7, 11) is -6.25. The number of amides is 1. The second-order valence-electron chi connectivity index (χ2n) is 6.66. The number of piperazine rings is 1. The van der Waals surface area contributed by atoms with Gasteiger partial charge in [-0.3, -0.25) is 9.78 Å². The van der Waals surface area contributed by atoms with Gasteiger partial charge in [-0.15, -0.1) is 0 Å². The molecule has 0 aromatic carbocycles. The van der Waals surface area contributed by atoms with Crippen LogP contribution in [0.3, 0.4) is 0 Å². The first kappa shape index (κ1) is 23.2. The van der Waals surface area contributed by atoms with Crippen LogP contribution in [0.5, 0.6) is 0 Å². The van der Waals surface area contributed by atoms with E-state index in [0.29, 0.717) is 5.56 Å². The number of carbonyl (C=O) groups is 2. The molecule has 29 heavy (non-hydrogen) atoms. The number of aromatic nitrogens is 1. The first-order valence-corrected chi connectivity index (χ1v) is 12.3. The zero-order valence-electron chi connectivity index (χ0n) is 16.3. The van der Waals surface area contributed by atoms with Crippen molar-refractivity contribution in [3.63, 3.8) is 0 Å². The highest BCUT2D eigenvalue weighted by Gasteiger charge is 2.41. The van der Waals surface area contributed by atoms with Gasteiger partial charge in [0.15, 0.2) is 0 Å². The van der Waals surface area contributed by atoms with Gasteiger partial charge >= 0.3 is 5.97 Å². The Morgan fingerprint density at radius 3 is 2.45 bits per heavy atom. The van der Waals surface area contributed by atoms with Gasteiger partial charge in [-0.25, -0.2) is 21.6 Å². The Hall–Kier alpha value is -2.09. The van der Waals surface area contributed by atoms with Crippen LogP contribution in [0.2, 0.25) is 0 Å². The molecule has 13 heteroatoms. The Morgan fingerprint density at radius 2 is 1.93 bits per heavy atom. The number of sulfonamides is 2. The van der Waals surface area contributed by atoms with Crippen LogP contribution >= 0.6 is 0 Å². The van der Waals surface area contributed by atoms with Crippen molar-refractivity contribution in [3.05, 3.63) is 30.1 Å². The fourth-order valence-corrected chi connectivity index (χ4v) is 4.87. The standard InChI is InChI=1S/C16H24N4O7S2/c1-27-16(22)13(9-12-5-4-6-17-10-12)18-15(21)14-11-19(28(2,23)24)7-8-20(14)29(3,25)26/h4-6,10,13-14H,7-9,11H2,1-3H3,(H,18,21)/t13-,14-/m1/s1. The number of esters is 1. The maximum Gasteiger partial charge on any atom is 0.328 e. The van der Waals surface area contributed by atoms with E-state index in [1.165, 1.54) is 13.3 Å². The molecule has 0 spiro atoms. The molecule has 2 rings (SSSR count). The molecule has 1 aromatic rings. The van der Waals surface area contributed by atoms with E-state index >= 15 is 0 Å². The lowest BCUT2D eigenvalue weighted by molar-refractivity contribution is -0.145.